The molecule has 206 valence electrons. The summed E-state index contributed by atoms with van der Waals surface area (Å²) in [7, 11) is 3.98. The summed E-state index contributed by atoms with van der Waals surface area (Å²) in [6.07, 6.45) is 4.44. The first kappa shape index (κ1) is 28.6. The van der Waals surface area contributed by atoms with Crippen LogP contribution in [-0.4, -0.2) is 26.0 Å². The molecule has 0 aliphatic heterocycles. The Labute approximate surface area is 241 Å². The lowest BCUT2D eigenvalue weighted by Gasteiger charge is -2.20. The molecule has 0 aliphatic carbocycles. The van der Waals surface area contributed by atoms with Gasteiger partial charge in [-0.05, 0) is 96.4 Å². The van der Waals surface area contributed by atoms with Gasteiger partial charge >= 0.3 is 11.9 Å². The average molecular weight is 545 g/mol. The Balaban J connectivity index is 1.40. The van der Waals surface area contributed by atoms with Crippen molar-refractivity contribution < 1.29 is 19.1 Å². The number of carbonyl (C=O) groups excluding carboxylic acids is 2. The third-order valence-electron chi connectivity index (χ3n) is 6.59. The molecule has 6 nitrogen and oxygen atoms in total. The zero-order chi connectivity index (χ0) is 29.4. The predicted octanol–water partition coefficient (Wildman–Crippen LogP) is 7.97. The molecule has 0 saturated carbocycles. The SMILES string of the molecule is C=CC(=O)Oc1ccc(N(C)c2ccc(C=C(C)c3ccc(N(C)c4ccc(OC(=O)C=C)cc4)cc3)cc2)cc1. The van der Waals surface area contributed by atoms with Gasteiger partial charge in [0, 0.05) is 49.0 Å². The summed E-state index contributed by atoms with van der Waals surface area (Å²) < 4.78 is 10.3. The largest absolute Gasteiger partial charge is 0.423 e. The standard InChI is InChI=1S/C35H32N2O4/c1-6-34(38)40-32-20-16-30(17-21-32)36(4)28-12-8-26(9-13-28)24-25(3)27-10-14-29(15-11-27)37(5)31-18-22-33(23-19-31)41-35(39)7-2/h6-24H,1-2H2,3-5H3. The molecule has 0 saturated heterocycles. The van der Waals surface area contributed by atoms with Gasteiger partial charge < -0.3 is 19.3 Å². The number of nitrogens with zero attached hydrogens (tertiary/aromatic N) is 2. The van der Waals surface area contributed by atoms with E-state index in [0.29, 0.717) is 11.5 Å². The van der Waals surface area contributed by atoms with Crippen LogP contribution in [0.4, 0.5) is 22.7 Å². The van der Waals surface area contributed by atoms with E-state index in [4.69, 9.17) is 9.47 Å². The summed E-state index contributed by atoms with van der Waals surface area (Å²) in [5, 5.41) is 0. The van der Waals surface area contributed by atoms with Crippen molar-refractivity contribution in [2.45, 2.75) is 6.92 Å². The summed E-state index contributed by atoms with van der Waals surface area (Å²) in [5.41, 5.74) is 7.41. The smallest absolute Gasteiger partial charge is 0.335 e. The number of hydrogen-bond donors (Lipinski definition) is 0. The number of carbonyl (C=O) groups is 2. The van der Waals surface area contributed by atoms with Gasteiger partial charge in [0.15, 0.2) is 0 Å². The average Bonchev–Trinajstić information content (AvgIpc) is 3.01. The maximum atomic E-state index is 11.4. The fourth-order valence-corrected chi connectivity index (χ4v) is 4.16. The molecule has 0 bridgehead atoms. The molecule has 0 spiro atoms. The van der Waals surface area contributed by atoms with Gasteiger partial charge in [-0.2, -0.15) is 0 Å². The number of allylic oxidation sites excluding steroid dienone is 1. The molecule has 0 atom stereocenters. The highest BCUT2D eigenvalue weighted by atomic mass is 16.5. The second-order valence-corrected chi connectivity index (χ2v) is 9.32. The Kier molecular flexibility index (Phi) is 9.17. The quantitative estimate of drug-likeness (QED) is 0.0873. The number of anilines is 4. The zero-order valence-electron chi connectivity index (χ0n) is 23.4. The Bertz CT molecular complexity index is 1550. The highest BCUT2D eigenvalue weighted by molar-refractivity contribution is 5.84. The molecule has 4 aromatic carbocycles. The monoisotopic (exact) mass is 544 g/mol. The van der Waals surface area contributed by atoms with Crippen molar-refractivity contribution in [2.75, 3.05) is 23.9 Å². The van der Waals surface area contributed by atoms with E-state index in [2.05, 4.69) is 84.5 Å². The molecule has 0 amide bonds. The molecule has 0 heterocycles. The van der Waals surface area contributed by atoms with Crippen molar-refractivity contribution in [1.29, 1.82) is 0 Å². The summed E-state index contributed by atoms with van der Waals surface area (Å²) in [5.74, 6) is -0.00779. The van der Waals surface area contributed by atoms with Gasteiger partial charge in [-0.3, -0.25) is 0 Å². The van der Waals surface area contributed by atoms with Crippen molar-refractivity contribution in [1.82, 2.24) is 0 Å². The van der Waals surface area contributed by atoms with Gasteiger partial charge in [-0.25, -0.2) is 9.59 Å². The third-order valence-corrected chi connectivity index (χ3v) is 6.59. The van der Waals surface area contributed by atoms with Gasteiger partial charge in [0.25, 0.3) is 0 Å². The Morgan fingerprint density at radius 2 is 0.927 bits per heavy atom. The first-order valence-corrected chi connectivity index (χ1v) is 13.0. The fourth-order valence-electron chi connectivity index (χ4n) is 4.16. The second-order valence-electron chi connectivity index (χ2n) is 9.32. The van der Waals surface area contributed by atoms with Crippen molar-refractivity contribution in [3.63, 3.8) is 0 Å². The number of hydrogen-bond acceptors (Lipinski definition) is 6. The van der Waals surface area contributed by atoms with Crippen LogP contribution in [0, 0.1) is 0 Å². The minimum atomic E-state index is -0.481. The molecule has 0 radical (unpaired) electrons. The van der Waals surface area contributed by atoms with E-state index < -0.39 is 11.9 Å². The molecule has 0 fully saturated rings. The van der Waals surface area contributed by atoms with Crippen LogP contribution in [0.1, 0.15) is 18.1 Å². The summed E-state index contributed by atoms with van der Waals surface area (Å²) >= 11 is 0. The molecular formula is C35H32N2O4. The molecule has 0 N–H and O–H groups in total. The Morgan fingerprint density at radius 3 is 1.29 bits per heavy atom. The number of esters is 2. The highest BCUT2D eigenvalue weighted by Gasteiger charge is 2.08. The third kappa shape index (κ3) is 7.40. The van der Waals surface area contributed by atoms with E-state index in [0.717, 1.165) is 51.6 Å². The molecule has 0 unspecified atom stereocenters. The number of benzene rings is 4. The lowest BCUT2D eigenvalue weighted by molar-refractivity contribution is -0.129. The van der Waals surface area contributed by atoms with Gasteiger partial charge in [-0.1, -0.05) is 43.5 Å². The first-order chi connectivity index (χ1) is 19.8. The van der Waals surface area contributed by atoms with Crippen LogP contribution in [0.2, 0.25) is 0 Å². The Morgan fingerprint density at radius 1 is 0.585 bits per heavy atom. The van der Waals surface area contributed by atoms with Crippen LogP contribution < -0.4 is 19.3 Å². The topological polar surface area (TPSA) is 59.1 Å². The lowest BCUT2D eigenvalue weighted by atomic mass is 10.0. The maximum Gasteiger partial charge on any atom is 0.335 e. The first-order valence-electron chi connectivity index (χ1n) is 13.0. The van der Waals surface area contributed by atoms with Gasteiger partial charge in [-0.15, -0.1) is 0 Å². The molecular weight excluding hydrogens is 512 g/mol. The van der Waals surface area contributed by atoms with E-state index in [9.17, 15) is 9.59 Å². The van der Waals surface area contributed by atoms with Crippen LogP contribution in [0.3, 0.4) is 0 Å². The highest BCUT2D eigenvalue weighted by Crippen LogP contribution is 2.29. The van der Waals surface area contributed by atoms with Crippen molar-refractivity contribution in [3.05, 3.63) is 133 Å². The van der Waals surface area contributed by atoms with Crippen LogP contribution in [0.25, 0.3) is 11.6 Å². The number of ether oxygens (including phenoxy) is 2. The van der Waals surface area contributed by atoms with Crippen LogP contribution in [0.5, 0.6) is 11.5 Å². The van der Waals surface area contributed by atoms with Crippen LogP contribution in [-0.2, 0) is 9.59 Å². The van der Waals surface area contributed by atoms with E-state index in [1.165, 1.54) is 0 Å². The van der Waals surface area contributed by atoms with Crippen LogP contribution >= 0.6 is 0 Å². The molecule has 4 aromatic rings. The van der Waals surface area contributed by atoms with Crippen molar-refractivity contribution in [3.8, 4) is 11.5 Å². The molecule has 0 aliphatic rings. The molecule has 6 heteroatoms. The van der Waals surface area contributed by atoms with Crippen LogP contribution in [0.15, 0.2) is 122 Å². The van der Waals surface area contributed by atoms with E-state index in [1.54, 1.807) is 24.3 Å². The summed E-state index contributed by atoms with van der Waals surface area (Å²) in [4.78, 5) is 26.9. The molecule has 41 heavy (non-hydrogen) atoms. The lowest BCUT2D eigenvalue weighted by Crippen LogP contribution is -2.09. The number of rotatable bonds is 10. The Hall–Kier alpha value is -5.36. The molecule has 4 rings (SSSR count). The zero-order valence-corrected chi connectivity index (χ0v) is 23.4. The maximum absolute atomic E-state index is 11.4. The van der Waals surface area contributed by atoms with Gasteiger partial charge in [0.05, 0.1) is 0 Å². The minimum absolute atomic E-state index is 0.477. The molecule has 0 aromatic heterocycles. The summed E-state index contributed by atoms with van der Waals surface area (Å²) in [6, 6.07) is 31.4. The van der Waals surface area contributed by atoms with E-state index in [1.807, 2.05) is 38.4 Å². The van der Waals surface area contributed by atoms with Gasteiger partial charge in [0.2, 0.25) is 0 Å². The van der Waals surface area contributed by atoms with Crippen molar-refractivity contribution in [2.24, 2.45) is 0 Å². The summed E-state index contributed by atoms with van der Waals surface area (Å²) in [6.45, 7) is 8.93. The normalized spacial score (nSPS) is 10.9. The van der Waals surface area contributed by atoms with Gasteiger partial charge in [0.1, 0.15) is 11.5 Å². The predicted molar refractivity (Wildman–Crippen MR) is 167 cm³/mol. The van der Waals surface area contributed by atoms with Crippen molar-refractivity contribution >= 4 is 46.3 Å². The fraction of sp³-hybridized carbons (Fsp3) is 0.0857. The van der Waals surface area contributed by atoms with E-state index in [-0.39, 0.29) is 0 Å². The van der Waals surface area contributed by atoms with E-state index >= 15 is 0 Å². The minimum Gasteiger partial charge on any atom is -0.423 e. The second kappa shape index (κ2) is 13.1.